The molecule has 2 aromatic rings. The first kappa shape index (κ1) is 15.4. The van der Waals surface area contributed by atoms with E-state index in [1.165, 1.54) is 23.9 Å². The number of amides is 1. The molecule has 0 spiro atoms. The molecule has 1 aromatic carbocycles. The van der Waals surface area contributed by atoms with Crippen molar-refractivity contribution >= 4 is 29.0 Å². The quantitative estimate of drug-likeness (QED) is 0.487. The van der Waals surface area contributed by atoms with E-state index in [9.17, 15) is 14.9 Å². The van der Waals surface area contributed by atoms with E-state index in [-0.39, 0.29) is 23.0 Å². The summed E-state index contributed by atoms with van der Waals surface area (Å²) in [6, 6.07) is 5.00. The standard InChI is InChI=1S/C13H14N6O3S/c1-8-2-5-10(11(6-8)19(21)22)14-12(20)7-23-13-15-16-17-18(13)9-3-4-9/h2,5-6,9H,3-4,7H2,1H3,(H,14,20). The monoisotopic (exact) mass is 334 g/mol. The number of carbonyl (C=O) groups is 1. The smallest absolute Gasteiger partial charge is 0.293 e. The third kappa shape index (κ3) is 3.65. The zero-order chi connectivity index (χ0) is 16.4. The molecule has 1 saturated carbocycles. The Morgan fingerprint density at radius 1 is 1.52 bits per heavy atom. The maximum atomic E-state index is 12.0. The second kappa shape index (κ2) is 6.32. The Bertz CT molecular complexity index is 758. The Labute approximate surface area is 135 Å². The molecule has 1 aliphatic rings. The minimum absolute atomic E-state index is 0.0815. The fourth-order valence-electron chi connectivity index (χ4n) is 2.04. The predicted molar refractivity (Wildman–Crippen MR) is 83.3 cm³/mol. The van der Waals surface area contributed by atoms with Gasteiger partial charge in [-0.3, -0.25) is 14.9 Å². The van der Waals surface area contributed by atoms with Crippen LogP contribution in [0.5, 0.6) is 0 Å². The number of nitrogens with zero attached hydrogens (tertiary/aromatic N) is 5. The van der Waals surface area contributed by atoms with Crippen molar-refractivity contribution in [2.75, 3.05) is 11.1 Å². The summed E-state index contributed by atoms with van der Waals surface area (Å²) in [6.07, 6.45) is 2.08. The van der Waals surface area contributed by atoms with Crippen LogP contribution in [0.4, 0.5) is 11.4 Å². The van der Waals surface area contributed by atoms with E-state index in [0.29, 0.717) is 11.2 Å². The number of carbonyl (C=O) groups excluding carboxylic acids is 1. The number of hydrogen-bond acceptors (Lipinski definition) is 7. The zero-order valence-corrected chi connectivity index (χ0v) is 13.1. The maximum absolute atomic E-state index is 12.0. The fourth-order valence-corrected chi connectivity index (χ4v) is 2.79. The number of nitrogens with one attached hydrogen (secondary N) is 1. The van der Waals surface area contributed by atoms with Crippen LogP contribution in [0.3, 0.4) is 0 Å². The van der Waals surface area contributed by atoms with Crippen LogP contribution in [0.2, 0.25) is 0 Å². The van der Waals surface area contributed by atoms with Gasteiger partial charge in [-0.05, 0) is 41.8 Å². The number of rotatable bonds is 6. The zero-order valence-electron chi connectivity index (χ0n) is 12.3. The minimum atomic E-state index is -0.511. The van der Waals surface area contributed by atoms with Crippen LogP contribution in [0.1, 0.15) is 24.4 Å². The molecule has 0 unspecified atom stereocenters. The molecule has 0 aliphatic heterocycles. The van der Waals surface area contributed by atoms with Crippen molar-refractivity contribution in [2.24, 2.45) is 0 Å². The van der Waals surface area contributed by atoms with Crippen LogP contribution in [-0.2, 0) is 4.79 Å². The normalized spacial score (nSPS) is 13.8. The molecule has 1 heterocycles. The van der Waals surface area contributed by atoms with E-state index in [0.717, 1.165) is 18.4 Å². The van der Waals surface area contributed by atoms with Gasteiger partial charge >= 0.3 is 0 Å². The largest absolute Gasteiger partial charge is 0.320 e. The van der Waals surface area contributed by atoms with Crippen molar-refractivity contribution in [2.45, 2.75) is 31.0 Å². The molecule has 3 rings (SSSR count). The number of tetrazole rings is 1. The van der Waals surface area contributed by atoms with Gasteiger partial charge < -0.3 is 5.32 Å². The Kier molecular flexibility index (Phi) is 4.24. The topological polar surface area (TPSA) is 116 Å². The summed E-state index contributed by atoms with van der Waals surface area (Å²) < 4.78 is 1.71. The molecule has 1 amide bonds. The van der Waals surface area contributed by atoms with Gasteiger partial charge in [-0.25, -0.2) is 4.68 Å². The van der Waals surface area contributed by atoms with E-state index in [2.05, 4.69) is 20.8 Å². The lowest BCUT2D eigenvalue weighted by Gasteiger charge is -2.06. The number of aryl methyl sites for hydroxylation is 1. The number of hydrogen-bond donors (Lipinski definition) is 1. The Balaban J connectivity index is 1.63. The molecule has 1 fully saturated rings. The third-order valence-corrected chi connectivity index (χ3v) is 4.25. The Morgan fingerprint density at radius 2 is 2.30 bits per heavy atom. The highest BCUT2D eigenvalue weighted by Gasteiger charge is 2.28. The summed E-state index contributed by atoms with van der Waals surface area (Å²) in [4.78, 5) is 22.6. The molecule has 0 atom stereocenters. The van der Waals surface area contributed by atoms with Gasteiger partial charge in [0.2, 0.25) is 11.1 Å². The number of anilines is 1. The molecule has 0 radical (unpaired) electrons. The van der Waals surface area contributed by atoms with Crippen molar-refractivity contribution in [1.29, 1.82) is 0 Å². The van der Waals surface area contributed by atoms with Gasteiger partial charge in [0.15, 0.2) is 0 Å². The maximum Gasteiger partial charge on any atom is 0.293 e. The number of nitro groups is 1. The number of nitro benzene ring substituents is 1. The first-order chi connectivity index (χ1) is 11.0. The number of aromatic nitrogens is 4. The second-order valence-corrected chi connectivity index (χ2v) is 6.19. The molecular formula is C13H14N6O3S. The van der Waals surface area contributed by atoms with Gasteiger partial charge in [0.05, 0.1) is 16.7 Å². The van der Waals surface area contributed by atoms with Crippen molar-refractivity contribution < 1.29 is 9.72 Å². The molecule has 23 heavy (non-hydrogen) atoms. The second-order valence-electron chi connectivity index (χ2n) is 5.25. The Hall–Kier alpha value is -2.49. The fraction of sp³-hybridized carbons (Fsp3) is 0.385. The summed E-state index contributed by atoms with van der Waals surface area (Å²) >= 11 is 1.21. The van der Waals surface area contributed by atoms with E-state index in [1.807, 2.05) is 0 Å². The van der Waals surface area contributed by atoms with Crippen molar-refractivity contribution in [3.8, 4) is 0 Å². The lowest BCUT2D eigenvalue weighted by molar-refractivity contribution is -0.384. The first-order valence-corrected chi connectivity index (χ1v) is 7.98. The molecule has 1 aromatic heterocycles. The first-order valence-electron chi connectivity index (χ1n) is 7.00. The van der Waals surface area contributed by atoms with Gasteiger partial charge in [0.1, 0.15) is 5.69 Å². The molecule has 120 valence electrons. The average molecular weight is 334 g/mol. The minimum Gasteiger partial charge on any atom is -0.320 e. The highest BCUT2D eigenvalue weighted by atomic mass is 32.2. The molecule has 10 heteroatoms. The third-order valence-electron chi connectivity index (χ3n) is 3.31. The highest BCUT2D eigenvalue weighted by Crippen LogP contribution is 2.36. The highest BCUT2D eigenvalue weighted by molar-refractivity contribution is 7.99. The van der Waals surface area contributed by atoms with Gasteiger partial charge in [0.25, 0.3) is 5.69 Å². The van der Waals surface area contributed by atoms with E-state index >= 15 is 0 Å². The van der Waals surface area contributed by atoms with Crippen molar-refractivity contribution in [1.82, 2.24) is 20.2 Å². The number of thioether (sulfide) groups is 1. The summed E-state index contributed by atoms with van der Waals surface area (Å²) in [6.45, 7) is 1.76. The van der Waals surface area contributed by atoms with Gasteiger partial charge in [0, 0.05) is 6.07 Å². The lowest BCUT2D eigenvalue weighted by atomic mass is 10.2. The average Bonchev–Trinajstić information content (AvgIpc) is 3.25. The summed E-state index contributed by atoms with van der Waals surface area (Å²) in [7, 11) is 0. The summed E-state index contributed by atoms with van der Waals surface area (Å²) in [5, 5.41) is 25.6. The Morgan fingerprint density at radius 3 is 3.00 bits per heavy atom. The van der Waals surface area contributed by atoms with Crippen LogP contribution >= 0.6 is 11.8 Å². The van der Waals surface area contributed by atoms with Crippen LogP contribution in [0.15, 0.2) is 23.4 Å². The molecule has 1 N–H and O–H groups in total. The summed E-state index contributed by atoms with van der Waals surface area (Å²) in [5.74, 6) is -0.259. The SMILES string of the molecule is Cc1ccc(NC(=O)CSc2nnnn2C2CC2)c([N+](=O)[O-])c1. The van der Waals surface area contributed by atoms with Crippen molar-refractivity contribution in [3.63, 3.8) is 0 Å². The van der Waals surface area contributed by atoms with E-state index in [4.69, 9.17) is 0 Å². The van der Waals surface area contributed by atoms with Crippen LogP contribution in [0, 0.1) is 17.0 Å². The van der Waals surface area contributed by atoms with E-state index in [1.54, 1.807) is 17.7 Å². The number of benzene rings is 1. The molecular weight excluding hydrogens is 320 g/mol. The molecule has 1 aliphatic carbocycles. The lowest BCUT2D eigenvalue weighted by Crippen LogP contribution is -2.15. The van der Waals surface area contributed by atoms with Crippen LogP contribution in [0.25, 0.3) is 0 Å². The van der Waals surface area contributed by atoms with Gasteiger partial charge in [-0.2, -0.15) is 0 Å². The predicted octanol–water partition coefficient (Wildman–Crippen LogP) is 1.96. The van der Waals surface area contributed by atoms with Crippen LogP contribution in [-0.4, -0.2) is 36.8 Å². The van der Waals surface area contributed by atoms with Crippen molar-refractivity contribution in [3.05, 3.63) is 33.9 Å². The molecule has 0 bridgehead atoms. The summed E-state index contributed by atoms with van der Waals surface area (Å²) in [5.41, 5.74) is 0.826. The molecule has 0 saturated heterocycles. The van der Waals surface area contributed by atoms with Gasteiger partial charge in [-0.15, -0.1) is 5.10 Å². The van der Waals surface area contributed by atoms with Gasteiger partial charge in [-0.1, -0.05) is 17.8 Å². The van der Waals surface area contributed by atoms with E-state index < -0.39 is 4.92 Å². The molecule has 9 nitrogen and oxygen atoms in total. The van der Waals surface area contributed by atoms with Crippen LogP contribution < -0.4 is 5.32 Å².